The molecule has 4 nitrogen and oxygen atoms in total. The number of methoxy groups -OCH3 is 1. The number of halogens is 1. The van der Waals surface area contributed by atoms with Gasteiger partial charge in [-0.15, -0.1) is 0 Å². The lowest BCUT2D eigenvalue weighted by Crippen LogP contribution is -2.40. The van der Waals surface area contributed by atoms with Gasteiger partial charge in [-0.25, -0.2) is 0 Å². The molecule has 0 aliphatic heterocycles. The van der Waals surface area contributed by atoms with E-state index in [0.29, 0.717) is 6.54 Å². The molecule has 1 fully saturated rings. The number of hydrogen-bond acceptors (Lipinski definition) is 2. The van der Waals surface area contributed by atoms with Crippen LogP contribution in [0.15, 0.2) is 27.7 Å². The summed E-state index contributed by atoms with van der Waals surface area (Å²) in [5, 5.41) is 6.72. The largest absolute Gasteiger partial charge is 0.497 e. The number of aliphatic imine (C=N–C) groups is 1. The predicted octanol–water partition coefficient (Wildman–Crippen LogP) is 2.92. The Morgan fingerprint density at radius 2 is 2.20 bits per heavy atom. The molecule has 1 aromatic rings. The monoisotopic (exact) mass is 339 g/mol. The fraction of sp³-hybridized carbons (Fsp3) is 0.533. The highest BCUT2D eigenvalue weighted by atomic mass is 79.9. The van der Waals surface area contributed by atoms with Gasteiger partial charge in [-0.3, -0.25) is 4.99 Å². The van der Waals surface area contributed by atoms with Crippen LogP contribution < -0.4 is 15.4 Å². The van der Waals surface area contributed by atoms with Crippen LogP contribution in [0, 0.1) is 5.92 Å². The van der Waals surface area contributed by atoms with Gasteiger partial charge in [0.15, 0.2) is 5.96 Å². The molecule has 0 unspecified atom stereocenters. The van der Waals surface area contributed by atoms with Crippen LogP contribution in [-0.4, -0.2) is 26.7 Å². The highest BCUT2D eigenvalue weighted by molar-refractivity contribution is 9.10. The van der Waals surface area contributed by atoms with E-state index in [4.69, 9.17) is 4.74 Å². The number of guanidine groups is 1. The highest BCUT2D eigenvalue weighted by Crippen LogP contribution is 2.25. The minimum Gasteiger partial charge on any atom is -0.497 e. The molecule has 1 aliphatic rings. The summed E-state index contributed by atoms with van der Waals surface area (Å²) in [6.07, 6.45) is 4.05. The Labute approximate surface area is 129 Å². The van der Waals surface area contributed by atoms with E-state index in [1.807, 2.05) is 18.2 Å². The molecule has 2 rings (SSSR count). The first-order valence-electron chi connectivity index (χ1n) is 7.00. The molecule has 5 heteroatoms. The Hall–Kier alpha value is -1.23. The third-order valence-electron chi connectivity index (χ3n) is 3.71. The van der Waals surface area contributed by atoms with Crippen molar-refractivity contribution in [2.75, 3.05) is 20.7 Å². The van der Waals surface area contributed by atoms with Crippen molar-refractivity contribution in [1.82, 2.24) is 10.6 Å². The molecule has 1 aliphatic carbocycles. The second-order valence-electron chi connectivity index (χ2n) is 5.06. The minimum atomic E-state index is 0.710. The van der Waals surface area contributed by atoms with Gasteiger partial charge in [0.2, 0.25) is 0 Å². The second-order valence-corrected chi connectivity index (χ2v) is 5.92. The second kappa shape index (κ2) is 7.53. The molecule has 2 N–H and O–H groups in total. The van der Waals surface area contributed by atoms with Gasteiger partial charge >= 0.3 is 0 Å². The maximum atomic E-state index is 5.25. The summed E-state index contributed by atoms with van der Waals surface area (Å²) in [6.45, 7) is 1.72. The fourth-order valence-electron chi connectivity index (χ4n) is 2.15. The molecule has 0 heterocycles. The summed E-state index contributed by atoms with van der Waals surface area (Å²) in [5.74, 6) is 2.53. The molecule has 1 saturated carbocycles. The molecule has 20 heavy (non-hydrogen) atoms. The van der Waals surface area contributed by atoms with Gasteiger partial charge in [0.05, 0.1) is 7.11 Å². The van der Waals surface area contributed by atoms with Crippen LogP contribution in [0.2, 0.25) is 0 Å². The fourth-order valence-corrected chi connectivity index (χ4v) is 2.54. The summed E-state index contributed by atoms with van der Waals surface area (Å²) < 4.78 is 6.32. The Balaban J connectivity index is 1.85. The van der Waals surface area contributed by atoms with Gasteiger partial charge in [0.25, 0.3) is 0 Å². The van der Waals surface area contributed by atoms with Crippen molar-refractivity contribution in [2.45, 2.75) is 25.8 Å². The number of nitrogens with zero attached hydrogens (tertiary/aromatic N) is 1. The number of hydrogen-bond donors (Lipinski definition) is 2. The van der Waals surface area contributed by atoms with Crippen LogP contribution in [0.25, 0.3) is 0 Å². The Kier molecular flexibility index (Phi) is 5.71. The first kappa shape index (κ1) is 15.2. The maximum Gasteiger partial charge on any atom is 0.191 e. The third-order valence-corrected chi connectivity index (χ3v) is 4.48. The van der Waals surface area contributed by atoms with Crippen LogP contribution in [0.5, 0.6) is 5.75 Å². The van der Waals surface area contributed by atoms with E-state index in [1.54, 1.807) is 14.2 Å². The van der Waals surface area contributed by atoms with Gasteiger partial charge in [0, 0.05) is 24.6 Å². The summed E-state index contributed by atoms with van der Waals surface area (Å²) in [4.78, 5) is 4.25. The van der Waals surface area contributed by atoms with E-state index < -0.39 is 0 Å². The van der Waals surface area contributed by atoms with E-state index in [2.05, 4.69) is 31.6 Å². The molecule has 0 saturated heterocycles. The first-order valence-corrected chi connectivity index (χ1v) is 7.79. The predicted molar refractivity (Wildman–Crippen MR) is 86.2 cm³/mol. The third kappa shape index (κ3) is 4.13. The molecule has 1 aromatic carbocycles. The maximum absolute atomic E-state index is 5.25. The first-order chi connectivity index (χ1) is 9.72. The molecular formula is C15H22BrN3O. The van der Waals surface area contributed by atoms with Gasteiger partial charge in [-0.1, -0.05) is 22.4 Å². The number of rotatable bonds is 5. The molecule has 0 bridgehead atoms. The molecule has 0 aromatic heterocycles. The lowest BCUT2D eigenvalue weighted by atomic mass is 9.85. The Morgan fingerprint density at radius 1 is 1.40 bits per heavy atom. The number of benzene rings is 1. The zero-order valence-corrected chi connectivity index (χ0v) is 13.7. The normalized spacial score (nSPS) is 15.7. The quantitative estimate of drug-likeness (QED) is 0.640. The van der Waals surface area contributed by atoms with Crippen LogP contribution >= 0.6 is 15.9 Å². The van der Waals surface area contributed by atoms with E-state index >= 15 is 0 Å². The summed E-state index contributed by atoms with van der Waals surface area (Å²) in [6, 6.07) is 5.97. The van der Waals surface area contributed by atoms with Gasteiger partial charge in [0.1, 0.15) is 5.75 Å². The average Bonchev–Trinajstić information content (AvgIpc) is 2.42. The minimum absolute atomic E-state index is 0.710. The average molecular weight is 340 g/mol. The molecular weight excluding hydrogens is 318 g/mol. The van der Waals surface area contributed by atoms with Crippen molar-refractivity contribution in [1.29, 1.82) is 0 Å². The van der Waals surface area contributed by atoms with Gasteiger partial charge < -0.3 is 15.4 Å². The number of ether oxygens (including phenoxy) is 1. The highest BCUT2D eigenvalue weighted by Gasteiger charge is 2.17. The van der Waals surface area contributed by atoms with Crippen molar-refractivity contribution in [2.24, 2.45) is 10.9 Å². The van der Waals surface area contributed by atoms with Crippen molar-refractivity contribution >= 4 is 21.9 Å². The van der Waals surface area contributed by atoms with Crippen LogP contribution in [0.3, 0.4) is 0 Å². The molecule has 0 amide bonds. The van der Waals surface area contributed by atoms with E-state index in [9.17, 15) is 0 Å². The van der Waals surface area contributed by atoms with Crippen molar-refractivity contribution < 1.29 is 4.74 Å². The topological polar surface area (TPSA) is 45.7 Å². The SMILES string of the molecule is CN=C(NCc1cc(OC)ccc1Br)NCC1CCC1. The van der Waals surface area contributed by atoms with Gasteiger partial charge in [-0.05, 0) is 42.5 Å². The lowest BCUT2D eigenvalue weighted by Gasteiger charge is -2.26. The standard InChI is InChI=1S/C15H22BrN3O/c1-17-15(18-9-11-4-3-5-11)19-10-12-8-13(20-2)6-7-14(12)16/h6-8,11H,3-5,9-10H2,1-2H3,(H2,17,18,19). The molecule has 0 atom stereocenters. The van der Waals surface area contributed by atoms with E-state index in [-0.39, 0.29) is 0 Å². The Morgan fingerprint density at radius 3 is 2.80 bits per heavy atom. The lowest BCUT2D eigenvalue weighted by molar-refractivity contribution is 0.314. The van der Waals surface area contributed by atoms with Crippen LogP contribution in [0.1, 0.15) is 24.8 Å². The van der Waals surface area contributed by atoms with E-state index in [0.717, 1.165) is 34.2 Å². The Bertz CT molecular complexity index is 472. The van der Waals surface area contributed by atoms with Crippen molar-refractivity contribution in [3.63, 3.8) is 0 Å². The van der Waals surface area contributed by atoms with E-state index in [1.165, 1.54) is 19.3 Å². The molecule has 0 spiro atoms. The summed E-state index contributed by atoms with van der Waals surface area (Å²) >= 11 is 3.56. The van der Waals surface area contributed by atoms with Gasteiger partial charge in [-0.2, -0.15) is 0 Å². The summed E-state index contributed by atoms with van der Waals surface area (Å²) in [5.41, 5.74) is 1.15. The molecule has 0 radical (unpaired) electrons. The van der Waals surface area contributed by atoms with Crippen LogP contribution in [0.4, 0.5) is 0 Å². The number of nitrogens with one attached hydrogen (secondary N) is 2. The van der Waals surface area contributed by atoms with Crippen molar-refractivity contribution in [3.8, 4) is 5.75 Å². The van der Waals surface area contributed by atoms with Crippen molar-refractivity contribution in [3.05, 3.63) is 28.2 Å². The summed E-state index contributed by atoms with van der Waals surface area (Å²) in [7, 11) is 3.48. The zero-order chi connectivity index (χ0) is 14.4. The zero-order valence-electron chi connectivity index (χ0n) is 12.1. The van der Waals surface area contributed by atoms with Crippen LogP contribution in [-0.2, 0) is 6.54 Å². The smallest absolute Gasteiger partial charge is 0.191 e. The molecule has 110 valence electrons.